The second kappa shape index (κ2) is 4.80. The summed E-state index contributed by atoms with van der Waals surface area (Å²) in [6.45, 7) is 5.93. The Balaban J connectivity index is 2.74. The maximum Gasteiger partial charge on any atom is 0.220 e. The third-order valence-corrected chi connectivity index (χ3v) is 2.35. The summed E-state index contributed by atoms with van der Waals surface area (Å²) >= 11 is 0. The summed E-state index contributed by atoms with van der Waals surface area (Å²) < 4.78 is 0. The lowest BCUT2D eigenvalue weighted by Gasteiger charge is -2.15. The van der Waals surface area contributed by atoms with Gasteiger partial charge in [-0.25, -0.2) is 0 Å². The van der Waals surface area contributed by atoms with Crippen molar-refractivity contribution in [1.82, 2.24) is 5.32 Å². The van der Waals surface area contributed by atoms with Crippen molar-refractivity contribution < 1.29 is 4.79 Å². The van der Waals surface area contributed by atoms with Gasteiger partial charge >= 0.3 is 0 Å². The molecule has 0 radical (unpaired) electrons. The average molecular weight is 191 g/mol. The van der Waals surface area contributed by atoms with Gasteiger partial charge in [0, 0.05) is 6.42 Å². The highest BCUT2D eigenvalue weighted by Gasteiger charge is 2.09. The first-order chi connectivity index (χ1) is 6.65. The van der Waals surface area contributed by atoms with E-state index in [0.717, 1.165) is 0 Å². The van der Waals surface area contributed by atoms with E-state index in [2.05, 4.69) is 24.4 Å². The Morgan fingerprint density at radius 2 is 2.07 bits per heavy atom. The molecule has 1 aromatic rings. The molecule has 0 aromatic heterocycles. The van der Waals surface area contributed by atoms with E-state index >= 15 is 0 Å². The lowest BCUT2D eigenvalue weighted by molar-refractivity contribution is -0.121. The molecule has 0 saturated heterocycles. The minimum atomic E-state index is 0.0979. The highest BCUT2D eigenvalue weighted by Crippen LogP contribution is 2.16. The zero-order valence-electron chi connectivity index (χ0n) is 9.00. The van der Waals surface area contributed by atoms with Crippen LogP contribution >= 0.6 is 0 Å². The number of carbonyl (C=O) groups is 1. The van der Waals surface area contributed by atoms with E-state index in [-0.39, 0.29) is 11.9 Å². The van der Waals surface area contributed by atoms with Crippen molar-refractivity contribution in [3.8, 4) is 0 Å². The third-order valence-electron chi connectivity index (χ3n) is 2.35. The summed E-state index contributed by atoms with van der Waals surface area (Å²) in [5.41, 5.74) is 2.41. The Bertz CT molecular complexity index is 320. The Kier molecular flexibility index (Phi) is 3.69. The summed E-state index contributed by atoms with van der Waals surface area (Å²) in [5.74, 6) is 0.0979. The van der Waals surface area contributed by atoms with Gasteiger partial charge in [0.05, 0.1) is 6.04 Å². The maximum atomic E-state index is 11.2. The number of amides is 1. The zero-order chi connectivity index (χ0) is 10.6. The molecule has 14 heavy (non-hydrogen) atoms. The molecule has 0 spiro atoms. The van der Waals surface area contributed by atoms with Crippen LogP contribution < -0.4 is 5.32 Å². The van der Waals surface area contributed by atoms with Crippen molar-refractivity contribution in [1.29, 1.82) is 0 Å². The van der Waals surface area contributed by atoms with Gasteiger partial charge in [0.2, 0.25) is 5.91 Å². The second-order valence-electron chi connectivity index (χ2n) is 3.50. The largest absolute Gasteiger partial charge is 0.350 e. The van der Waals surface area contributed by atoms with E-state index in [1.54, 1.807) is 0 Å². The van der Waals surface area contributed by atoms with Crippen LogP contribution in [0.2, 0.25) is 0 Å². The molecular weight excluding hydrogens is 174 g/mol. The van der Waals surface area contributed by atoms with Gasteiger partial charge in [-0.2, -0.15) is 0 Å². The molecule has 0 bridgehead atoms. The van der Waals surface area contributed by atoms with Crippen LogP contribution in [0.25, 0.3) is 0 Å². The Morgan fingerprint density at radius 1 is 1.43 bits per heavy atom. The molecule has 0 heterocycles. The van der Waals surface area contributed by atoms with E-state index in [9.17, 15) is 4.79 Å². The van der Waals surface area contributed by atoms with Crippen molar-refractivity contribution in [2.24, 2.45) is 0 Å². The van der Waals surface area contributed by atoms with Crippen LogP contribution in [0.4, 0.5) is 0 Å². The number of hydrogen-bond donors (Lipinski definition) is 1. The van der Waals surface area contributed by atoms with E-state index in [1.807, 2.05) is 26.0 Å². The minimum Gasteiger partial charge on any atom is -0.350 e. The Morgan fingerprint density at radius 3 is 2.64 bits per heavy atom. The molecule has 0 aliphatic rings. The summed E-state index contributed by atoms with van der Waals surface area (Å²) in [6.07, 6.45) is 0.538. The van der Waals surface area contributed by atoms with Crippen molar-refractivity contribution in [3.05, 3.63) is 35.4 Å². The number of aryl methyl sites for hydroxylation is 1. The molecular formula is C12H17NO. The number of benzene rings is 1. The van der Waals surface area contributed by atoms with Gasteiger partial charge in [-0.1, -0.05) is 31.2 Å². The lowest BCUT2D eigenvalue weighted by Crippen LogP contribution is -2.26. The smallest absolute Gasteiger partial charge is 0.220 e. The fraction of sp³-hybridized carbons (Fsp3) is 0.417. The second-order valence-corrected chi connectivity index (χ2v) is 3.50. The monoisotopic (exact) mass is 191 g/mol. The van der Waals surface area contributed by atoms with Crippen molar-refractivity contribution >= 4 is 5.91 Å². The topological polar surface area (TPSA) is 29.1 Å². The van der Waals surface area contributed by atoms with Gasteiger partial charge < -0.3 is 5.32 Å². The SMILES string of the molecule is CCC(=O)N[C@@H](C)c1ccccc1C. The summed E-state index contributed by atoms with van der Waals surface area (Å²) in [5, 5.41) is 2.95. The molecule has 1 N–H and O–H groups in total. The maximum absolute atomic E-state index is 11.2. The molecule has 0 fully saturated rings. The van der Waals surface area contributed by atoms with Crippen LogP contribution in [0, 0.1) is 6.92 Å². The van der Waals surface area contributed by atoms with Gasteiger partial charge in [0.25, 0.3) is 0 Å². The van der Waals surface area contributed by atoms with Crippen LogP contribution in [0.1, 0.15) is 37.4 Å². The highest BCUT2D eigenvalue weighted by atomic mass is 16.1. The molecule has 0 aliphatic carbocycles. The van der Waals surface area contributed by atoms with Crippen LogP contribution in [0.3, 0.4) is 0 Å². The summed E-state index contributed by atoms with van der Waals surface area (Å²) in [6, 6.07) is 8.22. The summed E-state index contributed by atoms with van der Waals surface area (Å²) in [7, 11) is 0. The van der Waals surface area contributed by atoms with E-state index in [4.69, 9.17) is 0 Å². The highest BCUT2D eigenvalue weighted by molar-refractivity contribution is 5.76. The Hall–Kier alpha value is -1.31. The number of nitrogens with one attached hydrogen (secondary N) is 1. The molecule has 2 heteroatoms. The fourth-order valence-corrected chi connectivity index (χ4v) is 1.49. The number of hydrogen-bond acceptors (Lipinski definition) is 1. The molecule has 76 valence electrons. The van der Waals surface area contributed by atoms with Crippen molar-refractivity contribution in [2.45, 2.75) is 33.2 Å². The van der Waals surface area contributed by atoms with Gasteiger partial charge in [-0.15, -0.1) is 0 Å². The van der Waals surface area contributed by atoms with Crippen LogP contribution in [-0.4, -0.2) is 5.91 Å². The van der Waals surface area contributed by atoms with E-state index in [0.29, 0.717) is 6.42 Å². The number of carbonyl (C=O) groups excluding carboxylic acids is 1. The van der Waals surface area contributed by atoms with Gasteiger partial charge in [-0.3, -0.25) is 4.79 Å². The molecule has 1 rings (SSSR count). The quantitative estimate of drug-likeness (QED) is 0.781. The van der Waals surface area contributed by atoms with Gasteiger partial charge in [0.15, 0.2) is 0 Å². The van der Waals surface area contributed by atoms with E-state index < -0.39 is 0 Å². The molecule has 1 aromatic carbocycles. The van der Waals surface area contributed by atoms with E-state index in [1.165, 1.54) is 11.1 Å². The molecule has 1 atom stereocenters. The fourth-order valence-electron chi connectivity index (χ4n) is 1.49. The predicted molar refractivity (Wildman–Crippen MR) is 58.0 cm³/mol. The Labute approximate surface area is 85.3 Å². The standard InChI is InChI=1S/C12H17NO/c1-4-12(14)13-10(3)11-8-6-5-7-9(11)2/h5-8,10H,4H2,1-3H3,(H,13,14)/t10-/m0/s1. The number of rotatable bonds is 3. The first-order valence-corrected chi connectivity index (χ1v) is 5.00. The molecule has 0 saturated carbocycles. The molecule has 0 aliphatic heterocycles. The minimum absolute atomic E-state index is 0.0979. The summed E-state index contributed by atoms with van der Waals surface area (Å²) in [4.78, 5) is 11.2. The van der Waals surface area contributed by atoms with Gasteiger partial charge in [0.1, 0.15) is 0 Å². The molecule has 0 unspecified atom stereocenters. The van der Waals surface area contributed by atoms with Gasteiger partial charge in [-0.05, 0) is 25.0 Å². The predicted octanol–water partition coefficient (Wildman–Crippen LogP) is 2.58. The van der Waals surface area contributed by atoms with Crippen molar-refractivity contribution in [2.75, 3.05) is 0 Å². The average Bonchev–Trinajstić information content (AvgIpc) is 2.18. The van der Waals surface area contributed by atoms with Crippen LogP contribution in [0.5, 0.6) is 0 Å². The zero-order valence-corrected chi connectivity index (χ0v) is 9.00. The third kappa shape index (κ3) is 2.59. The normalized spacial score (nSPS) is 12.2. The lowest BCUT2D eigenvalue weighted by atomic mass is 10.0. The first kappa shape index (κ1) is 10.8. The van der Waals surface area contributed by atoms with Crippen LogP contribution in [-0.2, 0) is 4.79 Å². The first-order valence-electron chi connectivity index (χ1n) is 5.00. The molecule has 1 amide bonds. The molecule has 2 nitrogen and oxygen atoms in total. The van der Waals surface area contributed by atoms with Crippen LogP contribution in [0.15, 0.2) is 24.3 Å². The van der Waals surface area contributed by atoms with Crippen molar-refractivity contribution in [3.63, 3.8) is 0 Å².